The van der Waals surface area contributed by atoms with Crippen LogP contribution in [0.1, 0.15) is 6.92 Å². The standard InChI is InChI=1S/C16H19IN2O6/c1-7(21)19-13-15(23)14(22)12(6-20)25-16(13)24-11-5-18-10-3-2-8(17)4-9(10)11/h2-5,12-16,18,20,22-23H,6H2,1H3,(H,19,21)/t12-,13-,14-,15-,16-/m1/s1. The first-order valence-corrected chi connectivity index (χ1v) is 8.81. The van der Waals surface area contributed by atoms with Crippen molar-refractivity contribution in [2.45, 2.75) is 37.6 Å². The Morgan fingerprint density at radius 2 is 2.16 bits per heavy atom. The molecule has 1 aromatic carbocycles. The number of amides is 1. The monoisotopic (exact) mass is 462 g/mol. The van der Waals surface area contributed by atoms with Crippen molar-refractivity contribution in [3.63, 3.8) is 0 Å². The molecule has 9 heteroatoms. The third kappa shape index (κ3) is 3.75. The number of aliphatic hydroxyl groups excluding tert-OH is 3. The maximum absolute atomic E-state index is 11.4. The Morgan fingerprint density at radius 1 is 1.40 bits per heavy atom. The van der Waals surface area contributed by atoms with Gasteiger partial charge in [0, 0.05) is 27.6 Å². The molecule has 136 valence electrons. The van der Waals surface area contributed by atoms with E-state index in [1.807, 2.05) is 18.2 Å². The van der Waals surface area contributed by atoms with E-state index >= 15 is 0 Å². The molecular formula is C16H19IN2O6. The molecular weight excluding hydrogens is 443 g/mol. The van der Waals surface area contributed by atoms with Gasteiger partial charge in [-0.2, -0.15) is 0 Å². The Bertz CT molecular complexity index is 766. The van der Waals surface area contributed by atoms with E-state index in [1.165, 1.54) is 6.92 Å². The SMILES string of the molecule is CC(=O)N[C@H]1[C@H](Oc2c[nH]c3ccc(I)cc23)O[C@H](CO)[C@@H](O)[C@@H]1O. The van der Waals surface area contributed by atoms with Crippen molar-refractivity contribution < 1.29 is 29.6 Å². The van der Waals surface area contributed by atoms with Crippen molar-refractivity contribution in [1.29, 1.82) is 0 Å². The normalized spacial score (nSPS) is 29.6. The maximum Gasteiger partial charge on any atom is 0.223 e. The van der Waals surface area contributed by atoms with Crippen molar-refractivity contribution in [2.24, 2.45) is 0 Å². The van der Waals surface area contributed by atoms with Crippen LogP contribution < -0.4 is 10.1 Å². The van der Waals surface area contributed by atoms with Crippen LogP contribution in [-0.2, 0) is 9.53 Å². The van der Waals surface area contributed by atoms with Gasteiger partial charge in [-0.05, 0) is 40.8 Å². The third-order valence-electron chi connectivity index (χ3n) is 4.10. The molecule has 0 radical (unpaired) electrons. The number of carbonyl (C=O) groups is 1. The van der Waals surface area contributed by atoms with Crippen molar-refractivity contribution >= 4 is 39.4 Å². The number of aromatic amines is 1. The highest BCUT2D eigenvalue weighted by Gasteiger charge is 2.46. The second kappa shape index (κ2) is 7.46. The second-order valence-electron chi connectivity index (χ2n) is 5.89. The molecule has 3 rings (SSSR count). The van der Waals surface area contributed by atoms with E-state index in [0.717, 1.165) is 14.5 Å². The summed E-state index contributed by atoms with van der Waals surface area (Å²) >= 11 is 2.18. The van der Waals surface area contributed by atoms with Gasteiger partial charge in [0.05, 0.1) is 6.61 Å². The first kappa shape index (κ1) is 18.4. The minimum absolute atomic E-state index is 0.399. The fourth-order valence-corrected chi connectivity index (χ4v) is 3.35. The highest BCUT2D eigenvalue weighted by Crippen LogP contribution is 2.30. The molecule has 5 atom stereocenters. The molecule has 1 fully saturated rings. The zero-order valence-electron chi connectivity index (χ0n) is 13.3. The van der Waals surface area contributed by atoms with E-state index in [-0.39, 0.29) is 0 Å². The number of carbonyl (C=O) groups excluding carboxylic acids is 1. The summed E-state index contributed by atoms with van der Waals surface area (Å²) in [6.07, 6.45) is -3.12. The highest BCUT2D eigenvalue weighted by molar-refractivity contribution is 14.1. The van der Waals surface area contributed by atoms with Crippen LogP contribution in [-0.4, -0.2) is 63.5 Å². The molecule has 8 nitrogen and oxygen atoms in total. The van der Waals surface area contributed by atoms with Crippen LogP contribution >= 0.6 is 22.6 Å². The first-order valence-electron chi connectivity index (χ1n) is 7.73. The summed E-state index contributed by atoms with van der Waals surface area (Å²) in [6.45, 7) is 0.805. The summed E-state index contributed by atoms with van der Waals surface area (Å²) in [5.41, 5.74) is 0.863. The van der Waals surface area contributed by atoms with Gasteiger partial charge in [0.2, 0.25) is 12.2 Å². The van der Waals surface area contributed by atoms with Crippen LogP contribution in [0.2, 0.25) is 0 Å². The molecule has 1 aromatic heterocycles. The molecule has 1 amide bonds. The topological polar surface area (TPSA) is 124 Å². The van der Waals surface area contributed by atoms with Gasteiger partial charge in [0.1, 0.15) is 30.1 Å². The van der Waals surface area contributed by atoms with Crippen molar-refractivity contribution in [1.82, 2.24) is 10.3 Å². The van der Waals surface area contributed by atoms with Gasteiger partial charge in [-0.3, -0.25) is 4.79 Å². The molecule has 1 aliphatic heterocycles. The number of halogens is 1. The third-order valence-corrected chi connectivity index (χ3v) is 4.77. The lowest BCUT2D eigenvalue weighted by Crippen LogP contribution is -2.65. The van der Waals surface area contributed by atoms with Gasteiger partial charge >= 0.3 is 0 Å². The summed E-state index contributed by atoms with van der Waals surface area (Å²) in [6, 6.07) is 4.80. The summed E-state index contributed by atoms with van der Waals surface area (Å²) in [5.74, 6) is 0.0820. The lowest BCUT2D eigenvalue weighted by molar-refractivity contribution is -0.244. The smallest absolute Gasteiger partial charge is 0.223 e. The number of ether oxygens (including phenoxy) is 2. The van der Waals surface area contributed by atoms with Gasteiger partial charge in [0.15, 0.2) is 0 Å². The molecule has 0 bridgehead atoms. The maximum atomic E-state index is 11.4. The minimum atomic E-state index is -1.34. The molecule has 5 N–H and O–H groups in total. The van der Waals surface area contributed by atoms with Crippen LogP contribution in [0.15, 0.2) is 24.4 Å². The van der Waals surface area contributed by atoms with Crippen LogP contribution in [0.5, 0.6) is 5.75 Å². The molecule has 2 heterocycles. The van der Waals surface area contributed by atoms with Gasteiger partial charge in [0.25, 0.3) is 0 Å². The molecule has 0 aliphatic carbocycles. The second-order valence-corrected chi connectivity index (χ2v) is 7.14. The Kier molecular flexibility index (Phi) is 5.49. The Labute approximate surface area is 157 Å². The van der Waals surface area contributed by atoms with E-state index in [9.17, 15) is 20.1 Å². The Hall–Kier alpha value is -1.40. The largest absolute Gasteiger partial charge is 0.460 e. The zero-order valence-corrected chi connectivity index (χ0v) is 15.5. The minimum Gasteiger partial charge on any atom is -0.460 e. The molecule has 0 spiro atoms. The van der Waals surface area contributed by atoms with E-state index in [4.69, 9.17) is 9.47 Å². The molecule has 1 aliphatic rings. The number of aliphatic hydroxyl groups is 3. The number of fused-ring (bicyclic) bond motifs is 1. The van der Waals surface area contributed by atoms with Gasteiger partial charge in [-0.15, -0.1) is 0 Å². The fourth-order valence-electron chi connectivity index (χ4n) is 2.86. The number of rotatable bonds is 4. The number of nitrogens with one attached hydrogen (secondary N) is 2. The van der Waals surface area contributed by atoms with E-state index < -0.39 is 43.2 Å². The van der Waals surface area contributed by atoms with Crippen molar-refractivity contribution in [3.8, 4) is 5.75 Å². The van der Waals surface area contributed by atoms with Crippen LogP contribution in [0, 0.1) is 3.57 Å². The molecule has 0 unspecified atom stereocenters. The summed E-state index contributed by atoms with van der Waals surface area (Å²) in [7, 11) is 0. The molecule has 1 saturated heterocycles. The molecule has 0 saturated carbocycles. The Morgan fingerprint density at radius 3 is 2.84 bits per heavy atom. The molecule has 25 heavy (non-hydrogen) atoms. The Balaban J connectivity index is 1.90. The van der Waals surface area contributed by atoms with Gasteiger partial charge < -0.3 is 35.1 Å². The predicted octanol–water partition coefficient (Wildman–Crippen LogP) is 0.0950. The first-order chi connectivity index (χ1) is 11.9. The van der Waals surface area contributed by atoms with Crippen LogP contribution in [0.3, 0.4) is 0 Å². The van der Waals surface area contributed by atoms with Crippen molar-refractivity contribution in [2.75, 3.05) is 6.61 Å². The number of H-pyrrole nitrogens is 1. The zero-order chi connectivity index (χ0) is 18.1. The van der Waals surface area contributed by atoms with E-state index in [0.29, 0.717) is 5.75 Å². The van der Waals surface area contributed by atoms with Crippen LogP contribution in [0.25, 0.3) is 10.9 Å². The van der Waals surface area contributed by atoms with Crippen LogP contribution in [0.4, 0.5) is 0 Å². The van der Waals surface area contributed by atoms with E-state index in [1.54, 1.807) is 6.20 Å². The predicted molar refractivity (Wildman–Crippen MR) is 97.0 cm³/mol. The lowest BCUT2D eigenvalue weighted by atomic mass is 9.97. The van der Waals surface area contributed by atoms with E-state index in [2.05, 4.69) is 32.9 Å². The van der Waals surface area contributed by atoms with Gasteiger partial charge in [-0.1, -0.05) is 0 Å². The highest BCUT2D eigenvalue weighted by atomic mass is 127. The lowest BCUT2D eigenvalue weighted by Gasteiger charge is -2.41. The summed E-state index contributed by atoms with van der Waals surface area (Å²) in [5, 5.41) is 33.0. The number of aromatic nitrogens is 1. The molecule has 2 aromatic rings. The number of benzene rings is 1. The van der Waals surface area contributed by atoms with Gasteiger partial charge in [-0.25, -0.2) is 0 Å². The quantitative estimate of drug-likeness (QED) is 0.411. The number of hydrogen-bond donors (Lipinski definition) is 5. The number of hydrogen-bond acceptors (Lipinski definition) is 6. The average Bonchev–Trinajstić information content (AvgIpc) is 2.96. The summed E-state index contributed by atoms with van der Waals surface area (Å²) in [4.78, 5) is 14.5. The summed E-state index contributed by atoms with van der Waals surface area (Å²) < 4.78 is 12.5. The fraction of sp³-hybridized carbons (Fsp3) is 0.438. The van der Waals surface area contributed by atoms with Crippen molar-refractivity contribution in [3.05, 3.63) is 28.0 Å². The average molecular weight is 462 g/mol.